The van der Waals surface area contributed by atoms with Gasteiger partial charge in [-0.1, -0.05) is 27.7 Å². The van der Waals surface area contributed by atoms with Crippen molar-refractivity contribution in [2.75, 3.05) is 25.1 Å². The maximum absolute atomic E-state index is 5.28. The summed E-state index contributed by atoms with van der Waals surface area (Å²) < 4.78 is 5.28. The molecule has 0 aromatic heterocycles. The summed E-state index contributed by atoms with van der Waals surface area (Å²) in [6.45, 7) is 11.3. The number of methoxy groups -OCH3 is 1. The van der Waals surface area contributed by atoms with Crippen LogP contribution >= 0.6 is 0 Å². The van der Waals surface area contributed by atoms with Crippen LogP contribution in [-0.4, -0.2) is 31.8 Å². The highest BCUT2D eigenvalue weighted by Crippen LogP contribution is 2.31. The first-order valence-electron chi connectivity index (χ1n) is 8.21. The number of benzene rings is 1. The first kappa shape index (κ1) is 16.2. The van der Waals surface area contributed by atoms with Gasteiger partial charge in [-0.05, 0) is 43.0 Å². The summed E-state index contributed by atoms with van der Waals surface area (Å²) in [7, 11) is 1.72. The van der Waals surface area contributed by atoms with Crippen molar-refractivity contribution in [3.05, 3.63) is 24.3 Å². The lowest BCUT2D eigenvalue weighted by Crippen LogP contribution is -2.65. The molecule has 1 aromatic carbocycles. The van der Waals surface area contributed by atoms with Crippen molar-refractivity contribution < 1.29 is 4.74 Å². The zero-order chi connectivity index (χ0) is 15.5. The Morgan fingerprint density at radius 1 is 1.24 bits per heavy atom. The van der Waals surface area contributed by atoms with Gasteiger partial charge in [-0.25, -0.2) is 0 Å². The van der Waals surface area contributed by atoms with E-state index in [-0.39, 0.29) is 5.54 Å². The second-order valence-corrected chi connectivity index (χ2v) is 6.51. The van der Waals surface area contributed by atoms with Crippen LogP contribution in [0.15, 0.2) is 24.3 Å². The number of piperazine rings is 1. The van der Waals surface area contributed by atoms with Gasteiger partial charge in [-0.2, -0.15) is 0 Å². The predicted octanol–water partition coefficient (Wildman–Crippen LogP) is 3.69. The molecule has 1 saturated heterocycles. The van der Waals surface area contributed by atoms with E-state index in [9.17, 15) is 0 Å². The molecule has 0 bridgehead atoms. The highest BCUT2D eigenvalue weighted by molar-refractivity contribution is 5.51. The topological polar surface area (TPSA) is 24.5 Å². The number of rotatable bonds is 5. The minimum atomic E-state index is 0.241. The highest BCUT2D eigenvalue weighted by atomic mass is 16.5. The lowest BCUT2D eigenvalue weighted by molar-refractivity contribution is 0.227. The van der Waals surface area contributed by atoms with E-state index in [4.69, 9.17) is 4.74 Å². The molecule has 0 amide bonds. The summed E-state index contributed by atoms with van der Waals surface area (Å²) >= 11 is 0. The van der Waals surface area contributed by atoms with Gasteiger partial charge in [-0.3, -0.25) is 0 Å². The Kier molecular flexibility index (Phi) is 5.15. The molecular formula is C18H30N2O. The van der Waals surface area contributed by atoms with Gasteiger partial charge in [0.25, 0.3) is 0 Å². The van der Waals surface area contributed by atoms with Gasteiger partial charge >= 0.3 is 0 Å². The van der Waals surface area contributed by atoms with Gasteiger partial charge < -0.3 is 15.0 Å². The van der Waals surface area contributed by atoms with Crippen LogP contribution in [0.1, 0.15) is 40.5 Å². The van der Waals surface area contributed by atoms with Crippen LogP contribution in [0.3, 0.4) is 0 Å². The first-order chi connectivity index (χ1) is 10.0. The van der Waals surface area contributed by atoms with Gasteiger partial charge in [0.05, 0.1) is 7.11 Å². The fourth-order valence-electron chi connectivity index (χ4n) is 3.31. The van der Waals surface area contributed by atoms with Crippen LogP contribution < -0.4 is 15.0 Å². The van der Waals surface area contributed by atoms with Crippen LogP contribution in [0, 0.1) is 5.92 Å². The van der Waals surface area contributed by atoms with Crippen molar-refractivity contribution in [3.63, 3.8) is 0 Å². The summed E-state index contributed by atoms with van der Waals surface area (Å²) in [5.41, 5.74) is 1.55. The standard InChI is InChI=1S/C18H30N2O/c1-6-18(7-2)13-20(17(12-19-18)14(3)4)15-8-10-16(21-5)11-9-15/h8-11,14,17,19H,6-7,12-13H2,1-5H3. The van der Waals surface area contributed by atoms with Crippen LogP contribution in [-0.2, 0) is 0 Å². The van der Waals surface area contributed by atoms with Crippen LogP contribution in [0.25, 0.3) is 0 Å². The normalized spacial score (nSPS) is 21.6. The number of ether oxygens (including phenoxy) is 1. The van der Waals surface area contributed by atoms with Crippen molar-refractivity contribution >= 4 is 5.69 Å². The molecule has 0 saturated carbocycles. The predicted molar refractivity (Wildman–Crippen MR) is 90.3 cm³/mol. The molecule has 0 aliphatic carbocycles. The van der Waals surface area contributed by atoms with Crippen molar-refractivity contribution in [2.45, 2.75) is 52.1 Å². The monoisotopic (exact) mass is 290 g/mol. The van der Waals surface area contributed by atoms with E-state index < -0.39 is 0 Å². The van der Waals surface area contributed by atoms with E-state index in [1.54, 1.807) is 7.11 Å². The summed E-state index contributed by atoms with van der Waals surface area (Å²) in [4.78, 5) is 2.59. The summed E-state index contributed by atoms with van der Waals surface area (Å²) in [5, 5.41) is 3.82. The Balaban J connectivity index is 2.28. The maximum atomic E-state index is 5.28. The molecule has 3 heteroatoms. The maximum Gasteiger partial charge on any atom is 0.119 e. The zero-order valence-electron chi connectivity index (χ0n) is 14.1. The zero-order valence-corrected chi connectivity index (χ0v) is 14.1. The second kappa shape index (κ2) is 6.69. The van der Waals surface area contributed by atoms with E-state index in [1.165, 1.54) is 18.5 Å². The van der Waals surface area contributed by atoms with Crippen molar-refractivity contribution in [1.29, 1.82) is 0 Å². The minimum Gasteiger partial charge on any atom is -0.497 e. The molecule has 21 heavy (non-hydrogen) atoms. The molecule has 1 heterocycles. The van der Waals surface area contributed by atoms with Crippen LogP contribution in [0.4, 0.5) is 5.69 Å². The third-order valence-corrected chi connectivity index (χ3v) is 5.09. The van der Waals surface area contributed by atoms with Crippen molar-refractivity contribution in [2.24, 2.45) is 5.92 Å². The van der Waals surface area contributed by atoms with E-state index in [0.717, 1.165) is 18.8 Å². The van der Waals surface area contributed by atoms with E-state index in [2.05, 4.69) is 62.2 Å². The molecule has 1 aromatic rings. The second-order valence-electron chi connectivity index (χ2n) is 6.51. The molecule has 1 fully saturated rings. The Morgan fingerprint density at radius 3 is 2.33 bits per heavy atom. The molecule has 1 aliphatic heterocycles. The summed E-state index contributed by atoms with van der Waals surface area (Å²) in [6, 6.07) is 9.05. The quantitative estimate of drug-likeness (QED) is 0.895. The fraction of sp³-hybridized carbons (Fsp3) is 0.667. The largest absolute Gasteiger partial charge is 0.497 e. The molecule has 0 spiro atoms. The molecule has 3 nitrogen and oxygen atoms in total. The third kappa shape index (κ3) is 3.34. The number of nitrogens with zero attached hydrogens (tertiary/aromatic N) is 1. The fourth-order valence-corrected chi connectivity index (χ4v) is 3.31. The van der Waals surface area contributed by atoms with Crippen LogP contribution in [0.5, 0.6) is 5.75 Å². The first-order valence-corrected chi connectivity index (χ1v) is 8.21. The molecular weight excluding hydrogens is 260 g/mol. The highest BCUT2D eigenvalue weighted by Gasteiger charge is 2.37. The SMILES string of the molecule is CCC1(CC)CN(c2ccc(OC)cc2)C(C(C)C)CN1. The Morgan fingerprint density at radius 2 is 1.86 bits per heavy atom. The molecule has 1 unspecified atom stereocenters. The molecule has 1 aliphatic rings. The molecule has 118 valence electrons. The van der Waals surface area contributed by atoms with E-state index in [0.29, 0.717) is 12.0 Å². The van der Waals surface area contributed by atoms with Crippen molar-refractivity contribution in [3.8, 4) is 5.75 Å². The lowest BCUT2D eigenvalue weighted by atomic mass is 9.86. The van der Waals surface area contributed by atoms with E-state index >= 15 is 0 Å². The van der Waals surface area contributed by atoms with Gasteiger partial charge in [0.1, 0.15) is 5.75 Å². The molecule has 1 atom stereocenters. The van der Waals surface area contributed by atoms with Crippen molar-refractivity contribution in [1.82, 2.24) is 5.32 Å². The summed E-state index contributed by atoms with van der Waals surface area (Å²) in [6.07, 6.45) is 2.34. The molecule has 1 N–H and O–H groups in total. The Labute approximate surface area is 129 Å². The molecule has 2 rings (SSSR count). The van der Waals surface area contributed by atoms with Gasteiger partial charge in [-0.15, -0.1) is 0 Å². The number of nitrogens with one attached hydrogen (secondary N) is 1. The van der Waals surface area contributed by atoms with Gasteiger partial charge in [0.15, 0.2) is 0 Å². The number of hydrogen-bond acceptors (Lipinski definition) is 3. The number of hydrogen-bond donors (Lipinski definition) is 1. The lowest BCUT2D eigenvalue weighted by Gasteiger charge is -2.50. The molecule has 0 radical (unpaired) electrons. The third-order valence-electron chi connectivity index (χ3n) is 5.09. The van der Waals surface area contributed by atoms with Gasteiger partial charge in [0.2, 0.25) is 0 Å². The smallest absolute Gasteiger partial charge is 0.119 e. The average molecular weight is 290 g/mol. The number of anilines is 1. The van der Waals surface area contributed by atoms with Crippen LogP contribution in [0.2, 0.25) is 0 Å². The van der Waals surface area contributed by atoms with E-state index in [1.807, 2.05) is 0 Å². The Bertz CT molecular complexity index is 437. The minimum absolute atomic E-state index is 0.241. The average Bonchev–Trinajstić information content (AvgIpc) is 2.54. The summed E-state index contributed by atoms with van der Waals surface area (Å²) in [5.74, 6) is 1.55. The van der Waals surface area contributed by atoms with Gasteiger partial charge in [0, 0.05) is 30.4 Å². The Hall–Kier alpha value is -1.22.